The van der Waals surface area contributed by atoms with Gasteiger partial charge >= 0.3 is 0 Å². The second-order valence-electron chi connectivity index (χ2n) is 4.91. The topological polar surface area (TPSA) is 91.5 Å². The monoisotopic (exact) mass is 468 g/mol. The molecule has 2 N–H and O–H groups in total. The molecule has 6 nitrogen and oxygen atoms in total. The highest BCUT2D eigenvalue weighted by Crippen LogP contribution is 2.33. The first-order valence-corrected chi connectivity index (χ1v) is 8.48. The Bertz CT molecular complexity index is 826. The van der Waals surface area contributed by atoms with Crippen molar-refractivity contribution in [2.75, 3.05) is 0 Å². The molecule has 0 spiro atoms. The molecule has 25 heavy (non-hydrogen) atoms. The van der Waals surface area contributed by atoms with Crippen molar-refractivity contribution in [3.8, 4) is 5.75 Å². The minimum atomic E-state index is -1.22. The lowest BCUT2D eigenvalue weighted by molar-refractivity contribution is -0.270. The van der Waals surface area contributed by atoms with Crippen LogP contribution in [0.3, 0.4) is 0 Å². The van der Waals surface area contributed by atoms with Crippen molar-refractivity contribution in [2.24, 2.45) is 9.98 Å². The van der Waals surface area contributed by atoms with Gasteiger partial charge in [-0.2, -0.15) is 9.98 Å². The van der Waals surface area contributed by atoms with Crippen LogP contribution < -0.4 is 0 Å². The number of phenols is 1. The van der Waals surface area contributed by atoms with Gasteiger partial charge in [0.25, 0.3) is 5.91 Å². The minimum Gasteiger partial charge on any atom is -0.506 e. The van der Waals surface area contributed by atoms with E-state index in [2.05, 4.69) is 69.9 Å². The number of amides is 1. The van der Waals surface area contributed by atoms with Gasteiger partial charge in [-0.25, -0.2) is 4.89 Å². The molecule has 1 aromatic carbocycles. The predicted molar refractivity (Wildman–Crippen MR) is 101 cm³/mol. The summed E-state index contributed by atoms with van der Waals surface area (Å²) in [5.74, 6) is 4.06. The molecule has 0 fully saturated rings. The van der Waals surface area contributed by atoms with Crippen LogP contribution >= 0.6 is 31.9 Å². The molecule has 0 aliphatic heterocycles. The van der Waals surface area contributed by atoms with Gasteiger partial charge < -0.3 is 5.11 Å². The van der Waals surface area contributed by atoms with Crippen LogP contribution in [-0.4, -0.2) is 34.1 Å². The van der Waals surface area contributed by atoms with Crippen LogP contribution in [0.4, 0.5) is 0 Å². The normalized spacial score (nSPS) is 10.4. The van der Waals surface area contributed by atoms with E-state index in [-0.39, 0.29) is 12.2 Å². The second-order valence-corrected chi connectivity index (χ2v) is 6.62. The summed E-state index contributed by atoms with van der Waals surface area (Å²) >= 11 is 6.37. The van der Waals surface area contributed by atoms with Gasteiger partial charge in [0.05, 0.1) is 15.1 Å². The molecular formula is C17H14Br2N2O4. The van der Waals surface area contributed by atoms with Crippen molar-refractivity contribution in [3.63, 3.8) is 0 Å². The number of carbonyl (C=O) groups excluding carboxylic acids is 1. The number of phenolic OH excluding ortho intramolecular Hbond substituents is 1. The van der Waals surface area contributed by atoms with Gasteiger partial charge in [0.1, 0.15) is 5.75 Å². The van der Waals surface area contributed by atoms with Crippen LogP contribution in [0, 0.1) is 0 Å². The fraction of sp³-hybridized carbons (Fsp3) is 0.235. The van der Waals surface area contributed by atoms with E-state index >= 15 is 0 Å². The van der Waals surface area contributed by atoms with Crippen molar-refractivity contribution in [1.82, 2.24) is 0 Å². The Balaban J connectivity index is 2.88. The maximum absolute atomic E-state index is 11.9. The summed E-state index contributed by atoms with van der Waals surface area (Å²) in [7, 11) is 0. The maximum atomic E-state index is 11.9. The average Bonchev–Trinajstić information content (AvgIpc) is 2.56. The third-order valence-electron chi connectivity index (χ3n) is 2.63. The molecule has 0 saturated heterocycles. The van der Waals surface area contributed by atoms with E-state index in [0.717, 1.165) is 5.57 Å². The number of allylic oxidation sites excluding steroid dienone is 1. The van der Waals surface area contributed by atoms with E-state index in [1.54, 1.807) is 12.1 Å². The zero-order chi connectivity index (χ0) is 18.8. The van der Waals surface area contributed by atoms with Gasteiger partial charge in [-0.3, -0.25) is 10.1 Å². The van der Waals surface area contributed by atoms with Gasteiger partial charge in [0.15, 0.2) is 6.10 Å². The van der Waals surface area contributed by atoms with E-state index in [4.69, 9.17) is 5.26 Å². The summed E-state index contributed by atoms with van der Waals surface area (Å²) in [5, 5.41) is 18.6. The van der Waals surface area contributed by atoms with Gasteiger partial charge in [-0.1, -0.05) is 5.73 Å². The molecule has 0 aromatic heterocycles. The zero-order valence-electron chi connectivity index (χ0n) is 13.4. The van der Waals surface area contributed by atoms with Gasteiger partial charge in [-0.05, 0) is 74.7 Å². The van der Waals surface area contributed by atoms with E-state index < -0.39 is 12.0 Å². The summed E-state index contributed by atoms with van der Waals surface area (Å²) in [5.41, 5.74) is 6.72. The lowest BCUT2D eigenvalue weighted by atomic mass is 10.1. The van der Waals surface area contributed by atoms with Crippen LogP contribution in [0.25, 0.3) is 0 Å². The first-order chi connectivity index (χ1) is 11.8. The summed E-state index contributed by atoms with van der Waals surface area (Å²) in [6, 6.07) is 3.20. The number of carbonyl (C=O) groups is 1. The van der Waals surface area contributed by atoms with Crippen molar-refractivity contribution < 1.29 is 20.0 Å². The van der Waals surface area contributed by atoms with Gasteiger partial charge in [0.2, 0.25) is 0 Å². The van der Waals surface area contributed by atoms with Crippen LogP contribution in [0.1, 0.15) is 19.4 Å². The molecule has 0 bridgehead atoms. The molecule has 1 aromatic rings. The SMILES string of the molecule is CC(C)=C=C=NC=C=C=NC(=O)[C@@H](Cc1cc(Br)c(O)c(Br)c1)OO. The lowest BCUT2D eigenvalue weighted by Gasteiger charge is -2.10. The molecule has 0 unspecified atom stereocenters. The number of halogens is 2. The van der Waals surface area contributed by atoms with E-state index in [1.807, 2.05) is 13.8 Å². The molecule has 0 aliphatic carbocycles. The van der Waals surface area contributed by atoms with Crippen molar-refractivity contribution in [1.29, 1.82) is 0 Å². The minimum absolute atomic E-state index is 0.0327. The Hall–Kier alpha value is -1.97. The first-order valence-electron chi connectivity index (χ1n) is 6.90. The van der Waals surface area contributed by atoms with E-state index in [0.29, 0.717) is 14.5 Å². The Kier molecular flexibility index (Phi) is 9.11. The van der Waals surface area contributed by atoms with Crippen molar-refractivity contribution in [2.45, 2.75) is 26.4 Å². The number of aromatic hydroxyl groups is 1. The fourth-order valence-corrected chi connectivity index (χ4v) is 2.80. The van der Waals surface area contributed by atoms with E-state index in [1.165, 1.54) is 6.20 Å². The molecule has 1 atom stereocenters. The third-order valence-corrected chi connectivity index (χ3v) is 3.84. The average molecular weight is 470 g/mol. The molecule has 0 saturated carbocycles. The molecule has 1 rings (SSSR count). The Morgan fingerprint density at radius 2 is 1.96 bits per heavy atom. The van der Waals surface area contributed by atoms with Crippen molar-refractivity contribution >= 4 is 49.5 Å². The molecule has 130 valence electrons. The highest BCUT2D eigenvalue weighted by Gasteiger charge is 2.20. The second kappa shape index (κ2) is 10.8. The highest BCUT2D eigenvalue weighted by atomic mass is 79.9. The molecule has 0 aliphatic rings. The number of nitrogens with zero attached hydrogens (tertiary/aromatic N) is 2. The van der Waals surface area contributed by atoms with Gasteiger partial charge in [0, 0.05) is 18.2 Å². The zero-order valence-corrected chi connectivity index (χ0v) is 16.5. The fourth-order valence-electron chi connectivity index (χ4n) is 1.52. The number of aliphatic imine (C=N–C) groups is 2. The molecule has 8 heteroatoms. The largest absolute Gasteiger partial charge is 0.506 e. The molecule has 1 amide bonds. The summed E-state index contributed by atoms with van der Waals surface area (Å²) in [6.45, 7) is 3.70. The quantitative estimate of drug-likeness (QED) is 0.295. The Labute approximate surface area is 161 Å². The van der Waals surface area contributed by atoms with Gasteiger partial charge in [-0.15, -0.1) is 0 Å². The lowest BCUT2D eigenvalue weighted by Crippen LogP contribution is -2.24. The van der Waals surface area contributed by atoms with Crippen LogP contribution in [0.15, 0.2) is 54.3 Å². The smallest absolute Gasteiger partial charge is 0.287 e. The summed E-state index contributed by atoms with van der Waals surface area (Å²) in [6.07, 6.45) is 0.0468. The number of rotatable bonds is 5. The third kappa shape index (κ3) is 7.63. The standard InChI is InChI=1S/C17H14Br2N2O4/c1-11(2)4-7-20-5-3-6-21-17(23)15(25-24)10-12-8-13(18)16(22)14(19)9-12/h5,8-9,15,22,24H,10H2,1-2H3/t15-/m1/s1. The van der Waals surface area contributed by atoms with Crippen molar-refractivity contribution in [3.05, 3.63) is 49.9 Å². The van der Waals surface area contributed by atoms with Crippen LogP contribution in [0.5, 0.6) is 5.75 Å². The van der Waals surface area contributed by atoms with Crippen LogP contribution in [0.2, 0.25) is 0 Å². The van der Waals surface area contributed by atoms with E-state index in [9.17, 15) is 9.90 Å². The Morgan fingerprint density at radius 1 is 1.32 bits per heavy atom. The number of benzene rings is 1. The maximum Gasteiger partial charge on any atom is 0.287 e. The predicted octanol–water partition coefficient (Wildman–Crippen LogP) is 3.97. The Morgan fingerprint density at radius 3 is 2.52 bits per heavy atom. The summed E-state index contributed by atoms with van der Waals surface area (Å²) < 4.78 is 0.879. The molecule has 0 radical (unpaired) electrons. The van der Waals surface area contributed by atoms with Crippen LogP contribution in [-0.2, 0) is 16.1 Å². The highest BCUT2D eigenvalue weighted by molar-refractivity contribution is 9.11. The molecular weight excluding hydrogens is 456 g/mol. The number of hydrogen-bond donors (Lipinski definition) is 2. The number of hydrogen-bond acceptors (Lipinski definition) is 5. The first kappa shape index (κ1) is 21.1. The molecule has 0 heterocycles. The summed E-state index contributed by atoms with van der Waals surface area (Å²) in [4.78, 5) is 23.3.